The maximum Gasteiger partial charge on any atom is 0.414 e. The quantitative estimate of drug-likeness (QED) is 0.700. The Bertz CT molecular complexity index is 561. The van der Waals surface area contributed by atoms with Crippen LogP contribution in [-0.2, 0) is 11.2 Å². The molecule has 0 aliphatic carbocycles. The monoisotopic (exact) mass is 233 g/mol. The van der Waals surface area contributed by atoms with Gasteiger partial charge >= 0.3 is 6.09 Å². The molecule has 0 saturated carbocycles. The standard InChI is InChI=1S/C12H11NO2S/c1-15-12(14)13-6-4-9-10(13)3-2-8-5-7-16-11(8)9/h2-3,5,7H,4,6H2,1H3. The first-order valence-corrected chi connectivity index (χ1v) is 6.04. The highest BCUT2D eigenvalue weighted by Gasteiger charge is 2.26. The number of anilines is 1. The molecule has 82 valence electrons. The number of nitrogens with zero attached hydrogens (tertiary/aromatic N) is 1. The van der Waals surface area contributed by atoms with E-state index in [0.29, 0.717) is 0 Å². The maximum atomic E-state index is 11.6. The summed E-state index contributed by atoms with van der Waals surface area (Å²) in [6, 6.07) is 6.18. The summed E-state index contributed by atoms with van der Waals surface area (Å²) in [6.45, 7) is 0.721. The second kappa shape index (κ2) is 3.49. The minimum absolute atomic E-state index is 0.269. The zero-order valence-corrected chi connectivity index (χ0v) is 9.71. The number of hydrogen-bond donors (Lipinski definition) is 0. The van der Waals surface area contributed by atoms with Crippen LogP contribution in [0.3, 0.4) is 0 Å². The molecule has 0 bridgehead atoms. The average Bonchev–Trinajstić information content (AvgIpc) is 2.92. The van der Waals surface area contributed by atoms with Gasteiger partial charge in [-0.05, 0) is 34.9 Å². The Balaban J connectivity index is 2.16. The molecule has 1 aromatic carbocycles. The zero-order chi connectivity index (χ0) is 11.1. The molecule has 16 heavy (non-hydrogen) atoms. The molecule has 1 amide bonds. The van der Waals surface area contributed by atoms with Gasteiger partial charge in [-0.1, -0.05) is 6.07 Å². The highest BCUT2D eigenvalue weighted by molar-refractivity contribution is 7.17. The van der Waals surface area contributed by atoms with Crippen LogP contribution >= 0.6 is 11.3 Å². The van der Waals surface area contributed by atoms with Crippen molar-refractivity contribution in [1.82, 2.24) is 0 Å². The fraction of sp³-hybridized carbons (Fsp3) is 0.250. The van der Waals surface area contributed by atoms with Gasteiger partial charge in [0.1, 0.15) is 0 Å². The number of rotatable bonds is 0. The van der Waals surface area contributed by atoms with Crippen molar-refractivity contribution in [3.05, 3.63) is 29.1 Å². The van der Waals surface area contributed by atoms with E-state index >= 15 is 0 Å². The molecule has 1 aliphatic rings. The lowest BCUT2D eigenvalue weighted by Crippen LogP contribution is -2.28. The van der Waals surface area contributed by atoms with Crippen molar-refractivity contribution in [3.63, 3.8) is 0 Å². The van der Waals surface area contributed by atoms with Crippen LogP contribution in [0.1, 0.15) is 5.56 Å². The molecule has 1 aliphatic heterocycles. The van der Waals surface area contributed by atoms with Crippen LogP contribution in [0.5, 0.6) is 0 Å². The Morgan fingerprint density at radius 2 is 2.31 bits per heavy atom. The molecule has 0 saturated heterocycles. The Morgan fingerprint density at radius 1 is 1.44 bits per heavy atom. The van der Waals surface area contributed by atoms with E-state index in [2.05, 4.69) is 17.5 Å². The summed E-state index contributed by atoms with van der Waals surface area (Å²) in [4.78, 5) is 13.3. The van der Waals surface area contributed by atoms with E-state index in [1.54, 1.807) is 16.2 Å². The predicted molar refractivity (Wildman–Crippen MR) is 65.3 cm³/mol. The minimum Gasteiger partial charge on any atom is -0.452 e. The summed E-state index contributed by atoms with van der Waals surface area (Å²) < 4.78 is 6.07. The lowest BCUT2D eigenvalue weighted by Gasteiger charge is -2.15. The van der Waals surface area contributed by atoms with Gasteiger partial charge in [-0.3, -0.25) is 4.90 Å². The highest BCUT2D eigenvalue weighted by Crippen LogP contribution is 2.37. The van der Waals surface area contributed by atoms with E-state index < -0.39 is 0 Å². The Hall–Kier alpha value is -1.55. The number of thiophene rings is 1. The van der Waals surface area contributed by atoms with Crippen LogP contribution in [0, 0.1) is 0 Å². The van der Waals surface area contributed by atoms with Crippen molar-refractivity contribution in [2.24, 2.45) is 0 Å². The first-order valence-electron chi connectivity index (χ1n) is 5.16. The number of amides is 1. The molecule has 0 N–H and O–H groups in total. The van der Waals surface area contributed by atoms with Crippen LogP contribution < -0.4 is 4.90 Å². The van der Waals surface area contributed by atoms with Crippen molar-refractivity contribution in [2.75, 3.05) is 18.6 Å². The van der Waals surface area contributed by atoms with Gasteiger partial charge in [-0.25, -0.2) is 4.79 Å². The third-order valence-corrected chi connectivity index (χ3v) is 3.96. The van der Waals surface area contributed by atoms with Crippen molar-refractivity contribution in [1.29, 1.82) is 0 Å². The largest absolute Gasteiger partial charge is 0.452 e. The third-order valence-electron chi connectivity index (χ3n) is 2.97. The summed E-state index contributed by atoms with van der Waals surface area (Å²) in [5.41, 5.74) is 2.28. The normalized spacial score (nSPS) is 14.2. The first-order chi connectivity index (χ1) is 7.81. The van der Waals surface area contributed by atoms with Crippen molar-refractivity contribution >= 4 is 33.2 Å². The van der Waals surface area contributed by atoms with Gasteiger partial charge in [0.2, 0.25) is 0 Å². The smallest absolute Gasteiger partial charge is 0.414 e. The average molecular weight is 233 g/mol. The molecule has 0 spiro atoms. The minimum atomic E-state index is -0.269. The van der Waals surface area contributed by atoms with Gasteiger partial charge in [-0.2, -0.15) is 0 Å². The van der Waals surface area contributed by atoms with Crippen LogP contribution in [-0.4, -0.2) is 19.7 Å². The summed E-state index contributed by atoms with van der Waals surface area (Å²) in [5.74, 6) is 0. The topological polar surface area (TPSA) is 29.5 Å². The van der Waals surface area contributed by atoms with Crippen LogP contribution in [0.15, 0.2) is 23.6 Å². The van der Waals surface area contributed by atoms with Crippen LogP contribution in [0.25, 0.3) is 10.1 Å². The zero-order valence-electron chi connectivity index (χ0n) is 8.90. The molecule has 4 heteroatoms. The fourth-order valence-electron chi connectivity index (χ4n) is 2.22. The molecule has 3 rings (SSSR count). The number of carbonyl (C=O) groups is 1. The number of hydrogen-bond acceptors (Lipinski definition) is 3. The molecule has 1 aromatic heterocycles. The number of methoxy groups -OCH3 is 1. The van der Waals surface area contributed by atoms with Gasteiger partial charge in [0.25, 0.3) is 0 Å². The summed E-state index contributed by atoms with van der Waals surface area (Å²) >= 11 is 1.74. The van der Waals surface area contributed by atoms with Gasteiger partial charge in [0, 0.05) is 11.2 Å². The summed E-state index contributed by atoms with van der Waals surface area (Å²) in [5, 5.41) is 3.35. The molecule has 0 radical (unpaired) electrons. The number of fused-ring (bicyclic) bond motifs is 3. The van der Waals surface area contributed by atoms with E-state index in [1.165, 1.54) is 22.8 Å². The molecule has 0 fully saturated rings. The van der Waals surface area contributed by atoms with Crippen LogP contribution in [0.4, 0.5) is 10.5 Å². The van der Waals surface area contributed by atoms with Gasteiger partial charge in [0.05, 0.1) is 12.8 Å². The Kier molecular flexibility index (Phi) is 2.11. The third kappa shape index (κ3) is 1.23. The Morgan fingerprint density at radius 3 is 3.12 bits per heavy atom. The first kappa shape index (κ1) is 9.66. The SMILES string of the molecule is COC(=O)N1CCc2c1ccc1ccsc21. The van der Waals surface area contributed by atoms with Gasteiger partial charge < -0.3 is 4.74 Å². The van der Waals surface area contributed by atoms with E-state index in [4.69, 9.17) is 4.74 Å². The Labute approximate surface area is 97.2 Å². The lowest BCUT2D eigenvalue weighted by molar-refractivity contribution is 0.179. The molecular weight excluding hydrogens is 222 g/mol. The molecule has 0 atom stereocenters. The highest BCUT2D eigenvalue weighted by atomic mass is 32.1. The van der Waals surface area contributed by atoms with E-state index in [-0.39, 0.29) is 6.09 Å². The van der Waals surface area contributed by atoms with Crippen LogP contribution in [0.2, 0.25) is 0 Å². The van der Waals surface area contributed by atoms with E-state index in [1.807, 2.05) is 6.07 Å². The molecule has 0 unspecified atom stereocenters. The van der Waals surface area contributed by atoms with E-state index in [9.17, 15) is 4.79 Å². The molecule has 3 nitrogen and oxygen atoms in total. The maximum absolute atomic E-state index is 11.6. The second-order valence-electron chi connectivity index (χ2n) is 3.77. The molecule has 2 aromatic rings. The number of carbonyl (C=O) groups excluding carboxylic acids is 1. The van der Waals surface area contributed by atoms with Gasteiger partial charge in [-0.15, -0.1) is 11.3 Å². The summed E-state index contributed by atoms with van der Waals surface area (Å²) in [7, 11) is 1.42. The lowest BCUT2D eigenvalue weighted by atomic mass is 10.1. The van der Waals surface area contributed by atoms with E-state index in [0.717, 1.165) is 18.7 Å². The number of benzene rings is 1. The van der Waals surface area contributed by atoms with Crippen molar-refractivity contribution < 1.29 is 9.53 Å². The molecular formula is C12H11NO2S. The van der Waals surface area contributed by atoms with Crippen molar-refractivity contribution in [2.45, 2.75) is 6.42 Å². The second-order valence-corrected chi connectivity index (χ2v) is 4.69. The predicted octanol–water partition coefficient (Wildman–Crippen LogP) is 3.03. The summed E-state index contributed by atoms with van der Waals surface area (Å²) in [6.07, 6.45) is 0.650. The van der Waals surface area contributed by atoms with Crippen molar-refractivity contribution in [3.8, 4) is 0 Å². The number of ether oxygens (including phenoxy) is 1. The van der Waals surface area contributed by atoms with Gasteiger partial charge in [0.15, 0.2) is 0 Å². The fourth-order valence-corrected chi connectivity index (χ4v) is 3.19. The molecule has 2 heterocycles.